The highest BCUT2D eigenvalue weighted by Crippen LogP contribution is 2.61. The molecule has 1 N–H and O–H groups in total. The third-order valence-electron chi connectivity index (χ3n) is 6.87. The van der Waals surface area contributed by atoms with Gasteiger partial charge in [-0.3, -0.25) is 4.79 Å². The maximum absolute atomic E-state index is 13.3. The summed E-state index contributed by atoms with van der Waals surface area (Å²) in [6, 6.07) is 0. The van der Waals surface area contributed by atoms with Crippen molar-refractivity contribution in [1.82, 2.24) is 4.90 Å². The lowest BCUT2D eigenvalue weighted by Crippen LogP contribution is -2.58. The van der Waals surface area contributed by atoms with E-state index in [1.54, 1.807) is 0 Å². The number of amides is 1. The number of carbonyl (C=O) groups is 1. The quantitative estimate of drug-likeness (QED) is 0.800. The minimum Gasteiger partial charge on any atom is -0.391 e. The largest absolute Gasteiger partial charge is 0.391 e. The van der Waals surface area contributed by atoms with Crippen LogP contribution in [-0.4, -0.2) is 34.1 Å². The Balaban J connectivity index is 1.63. The van der Waals surface area contributed by atoms with Crippen LogP contribution in [0.25, 0.3) is 0 Å². The van der Waals surface area contributed by atoms with Crippen LogP contribution in [0.5, 0.6) is 0 Å². The Morgan fingerprint density at radius 2 is 1.55 bits per heavy atom. The summed E-state index contributed by atoms with van der Waals surface area (Å²) in [6.07, 6.45) is 7.88. The van der Waals surface area contributed by atoms with Gasteiger partial charge in [0, 0.05) is 6.54 Å². The van der Waals surface area contributed by atoms with E-state index in [0.717, 1.165) is 50.0 Å². The summed E-state index contributed by atoms with van der Waals surface area (Å²) in [5, 5.41) is 10.2. The van der Waals surface area contributed by atoms with Crippen LogP contribution in [0, 0.1) is 23.2 Å². The van der Waals surface area contributed by atoms with Crippen molar-refractivity contribution in [2.24, 2.45) is 23.2 Å². The van der Waals surface area contributed by atoms with Gasteiger partial charge < -0.3 is 10.0 Å². The Hall–Kier alpha value is -0.570. The zero-order valence-corrected chi connectivity index (χ0v) is 12.8. The van der Waals surface area contributed by atoms with E-state index in [0.29, 0.717) is 5.91 Å². The van der Waals surface area contributed by atoms with Gasteiger partial charge >= 0.3 is 0 Å². The zero-order valence-electron chi connectivity index (χ0n) is 12.8. The monoisotopic (exact) mass is 277 g/mol. The summed E-state index contributed by atoms with van der Waals surface area (Å²) in [6.45, 7) is 4.81. The van der Waals surface area contributed by atoms with E-state index < -0.39 is 0 Å². The first-order valence-corrected chi connectivity index (χ1v) is 8.41. The molecular weight excluding hydrogens is 250 g/mol. The normalized spacial score (nSPS) is 48.9. The van der Waals surface area contributed by atoms with Crippen LogP contribution < -0.4 is 0 Å². The topological polar surface area (TPSA) is 40.5 Å². The molecule has 5 aliphatic rings. The fourth-order valence-corrected chi connectivity index (χ4v) is 6.09. The van der Waals surface area contributed by atoms with Crippen molar-refractivity contribution in [3.05, 3.63) is 0 Å². The van der Waals surface area contributed by atoms with E-state index in [-0.39, 0.29) is 17.1 Å². The molecule has 0 aromatic rings. The Labute approximate surface area is 121 Å². The molecule has 4 saturated carbocycles. The first-order valence-electron chi connectivity index (χ1n) is 8.41. The van der Waals surface area contributed by atoms with Crippen LogP contribution in [0.4, 0.5) is 0 Å². The van der Waals surface area contributed by atoms with Gasteiger partial charge in [0.15, 0.2) is 0 Å². The van der Waals surface area contributed by atoms with E-state index in [9.17, 15) is 9.90 Å². The molecule has 5 rings (SSSR count). The fraction of sp³-hybridized carbons (Fsp3) is 0.941. The van der Waals surface area contributed by atoms with Gasteiger partial charge in [0.2, 0.25) is 5.91 Å². The minimum absolute atomic E-state index is 0.0594. The number of hydrogen-bond donors (Lipinski definition) is 1. The molecule has 1 unspecified atom stereocenters. The average Bonchev–Trinajstić information content (AvgIpc) is 2.61. The lowest BCUT2D eigenvalue weighted by atomic mass is 9.49. The molecule has 1 saturated heterocycles. The molecule has 1 aliphatic heterocycles. The maximum Gasteiger partial charge on any atom is 0.229 e. The third-order valence-corrected chi connectivity index (χ3v) is 6.87. The second kappa shape index (κ2) is 4.00. The highest BCUT2D eigenvalue weighted by molar-refractivity contribution is 5.84. The van der Waals surface area contributed by atoms with Crippen molar-refractivity contribution < 1.29 is 9.90 Å². The summed E-state index contributed by atoms with van der Waals surface area (Å²) in [4.78, 5) is 15.3. The standard InChI is InChI=1S/C17H27NO2/c1-16(2)14(19)3-4-18(16)15(20)17-8-11-5-12(9-17)7-13(6-11)10-17/h11-14,19H,3-10H2,1-2H3. The molecule has 0 radical (unpaired) electrons. The van der Waals surface area contributed by atoms with Crippen LogP contribution in [0.3, 0.4) is 0 Å². The second-order valence-corrected chi connectivity index (χ2v) is 8.61. The Bertz CT molecular complexity index is 407. The van der Waals surface area contributed by atoms with Gasteiger partial charge in [-0.2, -0.15) is 0 Å². The molecule has 0 aromatic carbocycles. The molecule has 4 aliphatic carbocycles. The highest BCUT2D eigenvalue weighted by Gasteiger charge is 2.58. The lowest BCUT2D eigenvalue weighted by molar-refractivity contribution is -0.162. The van der Waals surface area contributed by atoms with Crippen molar-refractivity contribution in [3.63, 3.8) is 0 Å². The number of aliphatic hydroxyl groups excluding tert-OH is 1. The molecule has 1 amide bonds. The average molecular weight is 277 g/mol. The number of carbonyl (C=O) groups excluding carboxylic acids is 1. The highest BCUT2D eigenvalue weighted by atomic mass is 16.3. The minimum atomic E-state index is -0.375. The summed E-state index contributed by atoms with van der Waals surface area (Å²) in [5.74, 6) is 2.79. The number of hydrogen-bond acceptors (Lipinski definition) is 2. The molecule has 4 bridgehead atoms. The van der Waals surface area contributed by atoms with Gasteiger partial charge in [-0.1, -0.05) is 0 Å². The van der Waals surface area contributed by atoms with Crippen molar-refractivity contribution in [1.29, 1.82) is 0 Å². The molecule has 112 valence electrons. The fourth-order valence-electron chi connectivity index (χ4n) is 6.09. The number of nitrogens with zero attached hydrogens (tertiary/aromatic N) is 1. The molecule has 0 aromatic heterocycles. The van der Waals surface area contributed by atoms with E-state index >= 15 is 0 Å². The summed E-state index contributed by atoms with van der Waals surface area (Å²) < 4.78 is 0. The van der Waals surface area contributed by atoms with Crippen LogP contribution in [0.1, 0.15) is 58.8 Å². The Morgan fingerprint density at radius 1 is 1.05 bits per heavy atom. The molecule has 3 nitrogen and oxygen atoms in total. The molecule has 0 spiro atoms. The lowest BCUT2D eigenvalue weighted by Gasteiger charge is -2.57. The van der Waals surface area contributed by atoms with E-state index in [2.05, 4.69) is 0 Å². The van der Waals surface area contributed by atoms with Crippen LogP contribution in [-0.2, 0) is 4.79 Å². The van der Waals surface area contributed by atoms with Crippen molar-refractivity contribution in [2.75, 3.05) is 6.54 Å². The molecule has 1 heterocycles. The van der Waals surface area contributed by atoms with Crippen molar-refractivity contribution >= 4 is 5.91 Å². The van der Waals surface area contributed by atoms with Gasteiger partial charge in [0.05, 0.1) is 17.1 Å². The molecule has 5 fully saturated rings. The third kappa shape index (κ3) is 1.65. The van der Waals surface area contributed by atoms with Gasteiger partial charge in [-0.15, -0.1) is 0 Å². The van der Waals surface area contributed by atoms with Crippen LogP contribution in [0.15, 0.2) is 0 Å². The van der Waals surface area contributed by atoms with Gasteiger partial charge in [-0.05, 0) is 76.5 Å². The van der Waals surface area contributed by atoms with E-state index in [1.165, 1.54) is 19.3 Å². The Kier molecular flexibility index (Phi) is 2.62. The van der Waals surface area contributed by atoms with Crippen LogP contribution >= 0.6 is 0 Å². The summed E-state index contributed by atoms with van der Waals surface area (Å²) >= 11 is 0. The van der Waals surface area contributed by atoms with E-state index in [1.807, 2.05) is 18.7 Å². The van der Waals surface area contributed by atoms with Crippen molar-refractivity contribution in [3.8, 4) is 0 Å². The molecule has 1 atom stereocenters. The predicted molar refractivity (Wildman–Crippen MR) is 77.0 cm³/mol. The first kappa shape index (κ1) is 13.1. The molecular formula is C17H27NO2. The second-order valence-electron chi connectivity index (χ2n) is 8.61. The smallest absolute Gasteiger partial charge is 0.229 e. The van der Waals surface area contributed by atoms with Crippen LogP contribution in [0.2, 0.25) is 0 Å². The SMILES string of the molecule is CC1(C)C(O)CCN1C(=O)C12CC3CC(CC(C3)C1)C2. The number of aliphatic hydroxyl groups is 1. The maximum atomic E-state index is 13.3. The number of likely N-dealkylation sites (tertiary alicyclic amines) is 1. The number of rotatable bonds is 1. The zero-order chi connectivity index (χ0) is 14.1. The molecule has 20 heavy (non-hydrogen) atoms. The van der Waals surface area contributed by atoms with Gasteiger partial charge in [0.25, 0.3) is 0 Å². The molecule has 3 heteroatoms. The van der Waals surface area contributed by atoms with Crippen molar-refractivity contribution in [2.45, 2.75) is 70.4 Å². The van der Waals surface area contributed by atoms with Gasteiger partial charge in [-0.25, -0.2) is 0 Å². The summed E-state index contributed by atoms with van der Waals surface area (Å²) in [5.41, 5.74) is -0.434. The Morgan fingerprint density at radius 3 is 1.95 bits per heavy atom. The summed E-state index contributed by atoms with van der Waals surface area (Å²) in [7, 11) is 0. The first-order chi connectivity index (χ1) is 9.41. The van der Waals surface area contributed by atoms with Gasteiger partial charge in [0.1, 0.15) is 0 Å². The van der Waals surface area contributed by atoms with E-state index in [4.69, 9.17) is 0 Å². The predicted octanol–water partition coefficient (Wildman–Crippen LogP) is 2.57.